The number of ether oxygens (including phenoxy) is 2. The van der Waals surface area contributed by atoms with Crippen molar-refractivity contribution < 1.29 is 28.2 Å². The van der Waals surface area contributed by atoms with Crippen molar-refractivity contribution in [3.63, 3.8) is 0 Å². The molecule has 2 atom stereocenters. The zero-order valence-corrected chi connectivity index (χ0v) is 18.8. The second-order valence-electron chi connectivity index (χ2n) is 9.11. The van der Waals surface area contributed by atoms with Crippen LogP contribution in [0.15, 0.2) is 48.5 Å². The van der Waals surface area contributed by atoms with Gasteiger partial charge < -0.3 is 19.7 Å². The average Bonchev–Trinajstić information content (AvgIpc) is 3.08. The molecule has 0 saturated carbocycles. The highest BCUT2D eigenvalue weighted by molar-refractivity contribution is 6.07. The fourth-order valence-corrected chi connectivity index (χ4v) is 4.93. The van der Waals surface area contributed by atoms with Crippen LogP contribution in [0.25, 0.3) is 0 Å². The largest absolute Gasteiger partial charge is 0.485 e. The van der Waals surface area contributed by atoms with Gasteiger partial charge in [-0.3, -0.25) is 14.5 Å². The Balaban J connectivity index is 1.20. The van der Waals surface area contributed by atoms with Crippen molar-refractivity contribution >= 4 is 17.8 Å². The molecule has 0 spiro atoms. The molecule has 3 heterocycles. The molecule has 0 aliphatic carbocycles. The van der Waals surface area contributed by atoms with Crippen molar-refractivity contribution in [1.82, 2.24) is 15.1 Å². The third-order valence-corrected chi connectivity index (χ3v) is 6.96. The Hall–Kier alpha value is -3.62. The number of nitrogens with one attached hydrogen (secondary N) is 1. The summed E-state index contributed by atoms with van der Waals surface area (Å²) in [5, 5.41) is 2.87. The first-order valence-corrected chi connectivity index (χ1v) is 11.4. The fraction of sp³-hybridized carbons (Fsp3) is 0.400. The number of urea groups is 1. The molecular formula is C25H26FN3O5. The van der Waals surface area contributed by atoms with Gasteiger partial charge in [-0.2, -0.15) is 0 Å². The van der Waals surface area contributed by atoms with Gasteiger partial charge in [0.15, 0.2) is 11.5 Å². The highest BCUT2D eigenvalue weighted by atomic mass is 19.1. The number of carbonyl (C=O) groups excluding carboxylic acids is 3. The number of benzene rings is 2. The summed E-state index contributed by atoms with van der Waals surface area (Å²) in [4.78, 5) is 41.8. The number of amides is 4. The Morgan fingerprint density at radius 1 is 1.09 bits per heavy atom. The first-order chi connectivity index (χ1) is 16.3. The maximum Gasteiger partial charge on any atom is 0.325 e. The van der Waals surface area contributed by atoms with Crippen LogP contribution in [0, 0.1) is 11.7 Å². The lowest BCUT2D eigenvalue weighted by Gasteiger charge is -2.40. The van der Waals surface area contributed by atoms with Crippen molar-refractivity contribution in [2.24, 2.45) is 5.92 Å². The fourth-order valence-electron chi connectivity index (χ4n) is 4.93. The van der Waals surface area contributed by atoms with Crippen LogP contribution in [-0.2, 0) is 16.1 Å². The monoisotopic (exact) mass is 467 g/mol. The van der Waals surface area contributed by atoms with Gasteiger partial charge >= 0.3 is 6.03 Å². The Morgan fingerprint density at radius 2 is 1.76 bits per heavy atom. The number of piperidine rings is 1. The maximum atomic E-state index is 13.2. The molecule has 0 unspecified atom stereocenters. The van der Waals surface area contributed by atoms with Crippen LogP contribution >= 0.6 is 0 Å². The minimum atomic E-state index is -1.05. The molecule has 2 aromatic carbocycles. The average molecular weight is 467 g/mol. The van der Waals surface area contributed by atoms with Crippen LogP contribution in [-0.4, -0.2) is 59.0 Å². The standard InChI is InChI=1S/C25H26FN3O5/c1-25(23(31)29(24(32)27-25)14-16-6-8-18(26)9-7-16)17-10-12-28(13-11-17)22(30)21-15-33-19-4-2-3-5-20(19)34-21/h2-9,17,21H,10-15H2,1H3,(H,27,32)/t21-,25+/m1/s1. The van der Waals surface area contributed by atoms with E-state index in [1.807, 2.05) is 12.1 Å². The van der Waals surface area contributed by atoms with Crippen LogP contribution in [0.1, 0.15) is 25.3 Å². The first kappa shape index (κ1) is 22.2. The number of imide groups is 1. The number of rotatable bonds is 4. The SMILES string of the molecule is C[C@@]1(C2CCN(C(=O)[C@H]3COc4ccccc4O3)CC2)NC(=O)N(Cc2ccc(F)cc2)C1=O. The van der Waals surface area contributed by atoms with Crippen molar-refractivity contribution in [2.75, 3.05) is 19.7 Å². The number of likely N-dealkylation sites (tertiary alicyclic amines) is 1. The van der Waals surface area contributed by atoms with Gasteiger partial charge in [-0.15, -0.1) is 0 Å². The van der Waals surface area contributed by atoms with Gasteiger partial charge in [-0.1, -0.05) is 24.3 Å². The summed E-state index contributed by atoms with van der Waals surface area (Å²) < 4.78 is 24.7. The number of hydrogen-bond acceptors (Lipinski definition) is 5. The summed E-state index contributed by atoms with van der Waals surface area (Å²) in [7, 11) is 0. The predicted molar refractivity (Wildman–Crippen MR) is 120 cm³/mol. The van der Waals surface area contributed by atoms with Crippen molar-refractivity contribution in [1.29, 1.82) is 0 Å². The molecule has 2 fully saturated rings. The molecule has 8 nitrogen and oxygen atoms in total. The number of para-hydroxylation sites is 2. The zero-order valence-electron chi connectivity index (χ0n) is 18.8. The predicted octanol–water partition coefficient (Wildman–Crippen LogP) is 2.71. The summed E-state index contributed by atoms with van der Waals surface area (Å²) in [6.07, 6.45) is 0.437. The minimum Gasteiger partial charge on any atom is -0.485 e. The van der Waals surface area contributed by atoms with Gasteiger partial charge in [-0.05, 0) is 55.5 Å². The molecule has 4 amide bonds. The van der Waals surface area contributed by atoms with Gasteiger partial charge in [0.25, 0.3) is 11.8 Å². The quantitative estimate of drug-likeness (QED) is 0.699. The molecule has 0 aromatic heterocycles. The molecule has 3 aliphatic rings. The smallest absolute Gasteiger partial charge is 0.325 e. The zero-order chi connectivity index (χ0) is 23.9. The number of hydrogen-bond donors (Lipinski definition) is 1. The van der Waals surface area contributed by atoms with E-state index in [1.54, 1.807) is 36.1 Å². The number of nitrogens with zero attached hydrogens (tertiary/aromatic N) is 2. The molecule has 1 N–H and O–H groups in total. The van der Waals surface area contributed by atoms with E-state index in [9.17, 15) is 18.8 Å². The summed E-state index contributed by atoms with van der Waals surface area (Å²) in [5.41, 5.74) is -0.374. The van der Waals surface area contributed by atoms with E-state index in [1.165, 1.54) is 17.0 Å². The summed E-state index contributed by atoms with van der Waals surface area (Å²) in [5.74, 6) is 0.246. The Bertz CT molecular complexity index is 1120. The van der Waals surface area contributed by atoms with E-state index in [-0.39, 0.29) is 36.7 Å². The number of carbonyl (C=O) groups is 3. The number of halogens is 1. The van der Waals surface area contributed by atoms with Gasteiger partial charge in [0.05, 0.1) is 6.54 Å². The van der Waals surface area contributed by atoms with E-state index in [2.05, 4.69) is 5.32 Å². The van der Waals surface area contributed by atoms with E-state index < -0.39 is 17.7 Å². The summed E-state index contributed by atoms with van der Waals surface area (Å²) in [6, 6.07) is 12.5. The summed E-state index contributed by atoms with van der Waals surface area (Å²) in [6.45, 7) is 2.90. The Labute approximate surface area is 196 Å². The lowest BCUT2D eigenvalue weighted by molar-refractivity contribution is -0.143. The van der Waals surface area contributed by atoms with Crippen molar-refractivity contribution in [3.8, 4) is 11.5 Å². The lowest BCUT2D eigenvalue weighted by Crippen LogP contribution is -2.56. The van der Waals surface area contributed by atoms with Crippen LogP contribution in [0.5, 0.6) is 11.5 Å². The molecular weight excluding hydrogens is 441 g/mol. The third-order valence-electron chi connectivity index (χ3n) is 6.96. The first-order valence-electron chi connectivity index (χ1n) is 11.4. The molecule has 3 aliphatic heterocycles. The highest BCUT2D eigenvalue weighted by Gasteiger charge is 2.53. The van der Waals surface area contributed by atoms with Gasteiger partial charge in [0.1, 0.15) is 18.0 Å². The molecule has 2 saturated heterocycles. The van der Waals surface area contributed by atoms with Crippen molar-refractivity contribution in [3.05, 3.63) is 59.9 Å². The topological polar surface area (TPSA) is 88.2 Å². The van der Waals surface area contributed by atoms with Crippen molar-refractivity contribution in [2.45, 2.75) is 38.0 Å². The van der Waals surface area contributed by atoms with Crippen LogP contribution in [0.4, 0.5) is 9.18 Å². The van der Waals surface area contributed by atoms with Gasteiger partial charge in [0.2, 0.25) is 6.10 Å². The van der Waals surface area contributed by atoms with Gasteiger partial charge in [0, 0.05) is 13.1 Å². The second kappa shape index (κ2) is 8.62. The Morgan fingerprint density at radius 3 is 2.47 bits per heavy atom. The molecule has 9 heteroatoms. The third kappa shape index (κ3) is 3.95. The summed E-state index contributed by atoms with van der Waals surface area (Å²) >= 11 is 0. The van der Waals surface area contributed by atoms with E-state index in [0.29, 0.717) is 43.0 Å². The minimum absolute atomic E-state index is 0.0817. The second-order valence-corrected chi connectivity index (χ2v) is 9.11. The molecule has 0 radical (unpaired) electrons. The van der Waals surface area contributed by atoms with E-state index in [4.69, 9.17) is 9.47 Å². The molecule has 0 bridgehead atoms. The Kier molecular flexibility index (Phi) is 5.63. The molecule has 5 rings (SSSR count). The molecule has 34 heavy (non-hydrogen) atoms. The number of fused-ring (bicyclic) bond motifs is 1. The van der Waals surface area contributed by atoms with Crippen LogP contribution in [0.2, 0.25) is 0 Å². The van der Waals surface area contributed by atoms with E-state index >= 15 is 0 Å². The molecule has 178 valence electrons. The highest BCUT2D eigenvalue weighted by Crippen LogP contribution is 2.35. The van der Waals surface area contributed by atoms with Crippen LogP contribution < -0.4 is 14.8 Å². The van der Waals surface area contributed by atoms with Gasteiger partial charge in [-0.25, -0.2) is 9.18 Å². The van der Waals surface area contributed by atoms with E-state index in [0.717, 1.165) is 0 Å². The normalized spacial score (nSPS) is 24.8. The lowest BCUT2D eigenvalue weighted by atomic mass is 9.78. The molecule has 2 aromatic rings. The van der Waals surface area contributed by atoms with Crippen LogP contribution in [0.3, 0.4) is 0 Å². The maximum absolute atomic E-state index is 13.2.